The van der Waals surface area contributed by atoms with Crippen molar-refractivity contribution in [3.8, 4) is 33.8 Å². The highest BCUT2D eigenvalue weighted by molar-refractivity contribution is 7.81. The number of nitrogens with zero attached hydrogens (tertiary/aromatic N) is 10. The SMILES string of the molecule is C[n+]1cc(-c2ccc(OC[C@H](O/N=C(/C(=O)N[C@@H]3C(=O)N(OS(=O)(=O)ON4C(=O)[C@@H](NC(=O)/C(=N/O[C@@H](COc5ccc(-c6cn(CCCNC[C@H](O)CO)[n+](C)c6)cc5)C(=O)O)c5csc(N)n5)C4(C)C)C3(C)C)c3csc(N)n3)C(=O)O)cc2)cn1CCCNC[C@H](O)CO. The first kappa shape index (κ1) is 73.5. The maximum absolute atomic E-state index is 13.9. The van der Waals surface area contributed by atoms with E-state index >= 15 is 0 Å². The predicted molar refractivity (Wildman–Crippen MR) is 342 cm³/mol. The maximum Gasteiger partial charge on any atom is 0.442 e. The first-order valence-corrected chi connectivity index (χ1v) is 33.0. The van der Waals surface area contributed by atoms with Crippen molar-refractivity contribution in [3.63, 3.8) is 0 Å². The van der Waals surface area contributed by atoms with Gasteiger partial charge in [0.05, 0.1) is 73.1 Å². The van der Waals surface area contributed by atoms with Crippen molar-refractivity contribution >= 4 is 90.3 Å². The van der Waals surface area contributed by atoms with E-state index in [-0.39, 0.29) is 59.5 Å². The molecule has 0 saturated carbocycles. The van der Waals surface area contributed by atoms with Crippen LogP contribution in [0.25, 0.3) is 22.3 Å². The number of benzene rings is 2. The fourth-order valence-electron chi connectivity index (χ4n) is 9.67. The molecule has 0 spiro atoms. The normalized spacial score (nSPS) is 17.3. The molecule has 39 heteroatoms. The lowest BCUT2D eigenvalue weighted by atomic mass is 9.84. The van der Waals surface area contributed by atoms with Crippen molar-refractivity contribution in [2.24, 2.45) is 24.4 Å². The fourth-order valence-corrected chi connectivity index (χ4v) is 11.7. The summed E-state index contributed by atoms with van der Waals surface area (Å²) in [5.41, 5.74) is 10.1. The average molecular weight is 1410 g/mol. The van der Waals surface area contributed by atoms with Crippen molar-refractivity contribution in [2.45, 2.75) is 101 Å². The number of aryl methyl sites for hydroxylation is 4. The van der Waals surface area contributed by atoms with Gasteiger partial charge in [-0.05, 0) is 89.0 Å². The second-order valence-electron chi connectivity index (χ2n) is 23.2. The van der Waals surface area contributed by atoms with Gasteiger partial charge in [-0.25, -0.2) is 19.6 Å². The molecule has 4 aromatic heterocycles. The summed E-state index contributed by atoms with van der Waals surface area (Å²) in [6.45, 7) is 6.47. The van der Waals surface area contributed by atoms with Crippen molar-refractivity contribution in [3.05, 3.63) is 95.5 Å². The van der Waals surface area contributed by atoms with Crippen molar-refractivity contribution in [1.82, 2.24) is 50.7 Å². The average Bonchev–Trinajstić information content (AvgIpc) is 1.19. The van der Waals surface area contributed by atoms with E-state index in [2.05, 4.69) is 41.5 Å². The molecule has 524 valence electrons. The van der Waals surface area contributed by atoms with E-state index < -0.39 is 118 Å². The summed E-state index contributed by atoms with van der Waals surface area (Å²) >= 11 is 1.79. The third kappa shape index (κ3) is 18.6. The van der Waals surface area contributed by atoms with Gasteiger partial charge in [-0.1, -0.05) is 34.6 Å². The third-order valence-electron chi connectivity index (χ3n) is 15.2. The number of aliphatic hydroxyl groups is 4. The van der Waals surface area contributed by atoms with Crippen LogP contribution in [0.1, 0.15) is 51.9 Å². The number of aliphatic hydroxyl groups excluding tert-OH is 4. The molecular weight excluding hydrogens is 1340 g/mol. The van der Waals surface area contributed by atoms with Crippen LogP contribution in [-0.2, 0) is 84.6 Å². The first-order valence-electron chi connectivity index (χ1n) is 29.9. The summed E-state index contributed by atoms with van der Waals surface area (Å²) in [5, 5.41) is 79.1. The van der Waals surface area contributed by atoms with Gasteiger partial charge in [-0.15, -0.1) is 40.6 Å². The number of nitrogens with one attached hydrogen (secondary N) is 4. The van der Waals surface area contributed by atoms with Crippen molar-refractivity contribution in [2.75, 3.05) is 64.1 Å². The standard InChI is InChI=1S/C58H74N16O20S3/c1-57(2)47(65-49(79)45(41-31-95-55(59)63-41)67-91-43(53(83)84)29-89-39-13-9-33(10-14-39)35-23-69(5)71(25-35)19-7-17-61-21-37(77)27-75)51(81)73(57)93-97(87,88)94-74-52(82)48(58(74,3)4)66-50(80)46(42-32-96-56(60)64-42)68-92-44(54(85)86)30-90-40-15-11-34(12-16-40)36-24-70(6)72(26-36)20-8-18-62-22-38(78)28-76/h9-16,23-26,31-32,37-38,43-44,47-48,61-62,75-78H,7-8,17-22,27-30H2,1-6H3,(H6-2,59,60,63,64,65,66,79,80,83,84,85,86)/p+2/b67-45+,68-46+/t37-,38-,43-,44-,47+,48+/m0/s1. The Kier molecular flexibility index (Phi) is 24.4. The second kappa shape index (κ2) is 32.2. The van der Waals surface area contributed by atoms with E-state index in [0.29, 0.717) is 36.3 Å². The molecule has 2 fully saturated rings. The van der Waals surface area contributed by atoms with E-state index in [9.17, 15) is 57.6 Å². The highest BCUT2D eigenvalue weighted by Crippen LogP contribution is 2.37. The highest BCUT2D eigenvalue weighted by atomic mass is 32.3. The Morgan fingerprint density at radius 2 is 1.01 bits per heavy atom. The number of hydroxylamine groups is 4. The summed E-state index contributed by atoms with van der Waals surface area (Å²) in [5.74, 6) is -7.11. The van der Waals surface area contributed by atoms with Crippen LogP contribution in [0, 0.1) is 0 Å². The minimum Gasteiger partial charge on any atom is -0.489 e. The van der Waals surface area contributed by atoms with Crippen LogP contribution in [0.2, 0.25) is 0 Å². The summed E-state index contributed by atoms with van der Waals surface area (Å²) in [6.07, 6.45) is 3.97. The zero-order chi connectivity index (χ0) is 70.5. The van der Waals surface area contributed by atoms with Gasteiger partial charge in [-0.3, -0.25) is 19.2 Å². The van der Waals surface area contributed by atoms with E-state index in [1.165, 1.54) is 38.5 Å². The Hall–Kier alpha value is -9.29. The number of anilines is 2. The van der Waals surface area contributed by atoms with Gasteiger partial charge in [0.25, 0.3) is 35.8 Å². The Balaban J connectivity index is 0.834. The summed E-state index contributed by atoms with van der Waals surface area (Å²) in [6, 6.07) is 10.4. The van der Waals surface area contributed by atoms with Crippen LogP contribution in [0.15, 0.2) is 94.4 Å². The molecule has 6 aromatic rings. The topological polar surface area (TPSA) is 488 Å². The van der Waals surface area contributed by atoms with Crippen LogP contribution in [-0.4, -0.2) is 216 Å². The molecule has 6 atom stereocenters. The molecule has 4 amide bonds. The molecule has 0 radical (unpaired) electrons. The van der Waals surface area contributed by atoms with Crippen molar-refractivity contribution < 1.29 is 105 Å². The number of nitrogen functional groups attached to an aromatic ring is 2. The number of aromatic nitrogens is 6. The summed E-state index contributed by atoms with van der Waals surface area (Å²) < 4.78 is 56.3. The molecule has 2 aliphatic rings. The number of rotatable bonds is 38. The molecule has 0 bridgehead atoms. The van der Waals surface area contributed by atoms with E-state index in [4.69, 9.17) is 49.4 Å². The number of oxime groups is 2. The molecule has 0 aliphatic carbocycles. The van der Waals surface area contributed by atoms with Crippen LogP contribution in [0.4, 0.5) is 10.3 Å². The lowest BCUT2D eigenvalue weighted by Crippen LogP contribution is -2.78. The van der Waals surface area contributed by atoms with Gasteiger partial charge in [-0.2, -0.15) is 27.9 Å². The Bertz CT molecular complexity index is 3710. The van der Waals surface area contributed by atoms with Crippen LogP contribution in [0.5, 0.6) is 11.5 Å². The van der Waals surface area contributed by atoms with Crippen molar-refractivity contribution in [1.29, 1.82) is 0 Å². The second-order valence-corrected chi connectivity index (χ2v) is 26.1. The Labute approximate surface area is 562 Å². The largest absolute Gasteiger partial charge is 0.489 e. The number of β-lactam (4-membered cyclic amide) rings is 2. The Morgan fingerprint density at radius 3 is 1.33 bits per heavy atom. The number of aliphatic carboxylic acids is 2. The number of thiazole rings is 2. The van der Waals surface area contributed by atoms with Gasteiger partial charge in [0.15, 0.2) is 35.8 Å². The number of carbonyl (C=O) groups excluding carboxylic acids is 4. The minimum atomic E-state index is -5.39. The molecule has 2 aliphatic heterocycles. The van der Waals surface area contributed by atoms with Gasteiger partial charge in [0.1, 0.15) is 48.2 Å². The zero-order valence-corrected chi connectivity index (χ0v) is 55.7. The number of nitrogens with two attached hydrogens (primary N) is 2. The van der Waals surface area contributed by atoms with Gasteiger partial charge in [0.2, 0.25) is 12.4 Å². The first-order chi connectivity index (χ1) is 46.0. The minimum absolute atomic E-state index is 0.0252. The van der Waals surface area contributed by atoms with Gasteiger partial charge in [0, 0.05) is 23.8 Å². The molecule has 0 unspecified atom stereocenters. The number of carbonyl (C=O) groups is 6. The van der Waals surface area contributed by atoms with Crippen LogP contribution >= 0.6 is 22.7 Å². The number of ether oxygens (including phenoxy) is 2. The van der Waals surface area contributed by atoms with Gasteiger partial charge < -0.3 is 82.5 Å². The fraction of sp³-hybridized carbons (Fsp3) is 0.448. The lowest BCUT2D eigenvalue weighted by Gasteiger charge is -2.52. The predicted octanol–water partition coefficient (Wildman–Crippen LogP) is -2.46. The number of carboxylic acid groups (broad SMARTS) is 2. The number of carboxylic acids is 2. The van der Waals surface area contributed by atoms with Crippen LogP contribution < -0.4 is 51.6 Å². The molecule has 8 rings (SSSR count). The number of hydrogen-bond acceptors (Lipinski definition) is 28. The van der Waals surface area contributed by atoms with E-state index in [0.717, 1.165) is 57.8 Å². The molecule has 36 nitrogen and oxygen atoms in total. The van der Waals surface area contributed by atoms with Gasteiger partial charge >= 0.3 is 22.3 Å². The molecule has 97 heavy (non-hydrogen) atoms. The molecule has 6 heterocycles. The molecular formula is C58H76N16O20S3+2. The smallest absolute Gasteiger partial charge is 0.442 e. The van der Waals surface area contributed by atoms with E-state index in [1.807, 2.05) is 57.6 Å². The molecule has 2 aromatic carbocycles. The quantitative estimate of drug-likeness (QED) is 0.00629. The zero-order valence-electron chi connectivity index (χ0n) is 53.3. The monoisotopic (exact) mass is 1410 g/mol. The highest BCUT2D eigenvalue weighted by Gasteiger charge is 2.61. The number of amides is 4. The maximum atomic E-state index is 13.9. The summed E-state index contributed by atoms with van der Waals surface area (Å²) in [7, 11) is -1.62. The molecule has 2 saturated heterocycles. The molecule has 14 N–H and O–H groups in total. The van der Waals surface area contributed by atoms with Crippen LogP contribution in [0.3, 0.4) is 0 Å². The van der Waals surface area contributed by atoms with E-state index in [1.54, 1.807) is 48.5 Å². The Morgan fingerprint density at radius 1 is 0.639 bits per heavy atom. The summed E-state index contributed by atoms with van der Waals surface area (Å²) in [4.78, 5) is 98.7. The lowest BCUT2D eigenvalue weighted by molar-refractivity contribution is -0.753. The number of hydrogen-bond donors (Lipinski definition) is 12. The third-order valence-corrected chi connectivity index (χ3v) is 17.2.